The van der Waals surface area contributed by atoms with E-state index in [4.69, 9.17) is 14.6 Å². The molecule has 0 radical (unpaired) electrons. The summed E-state index contributed by atoms with van der Waals surface area (Å²) < 4.78 is 10.6. The van der Waals surface area contributed by atoms with Gasteiger partial charge in [0.2, 0.25) is 6.79 Å². The molecule has 22 heavy (non-hydrogen) atoms. The molecular formula is C15H12N2O5. The lowest BCUT2D eigenvalue weighted by Gasteiger charge is -2.08. The van der Waals surface area contributed by atoms with E-state index in [0.717, 1.165) is 5.56 Å². The Balaban J connectivity index is 1.68. The summed E-state index contributed by atoms with van der Waals surface area (Å²) in [5.41, 5.74) is 0.983. The Kier molecular flexibility index (Phi) is 3.61. The molecule has 1 aliphatic rings. The van der Waals surface area contributed by atoms with Gasteiger partial charge in [-0.25, -0.2) is 9.78 Å². The first-order valence-electron chi connectivity index (χ1n) is 6.50. The number of ether oxygens (including phenoxy) is 2. The lowest BCUT2D eigenvalue weighted by atomic mass is 10.1. The van der Waals surface area contributed by atoms with Crippen molar-refractivity contribution in [2.45, 2.75) is 6.54 Å². The predicted octanol–water partition coefficient (Wildman–Crippen LogP) is 1.44. The molecule has 1 aromatic carbocycles. The number of aromatic carboxylic acids is 1. The fourth-order valence-electron chi connectivity index (χ4n) is 2.06. The molecule has 1 aliphatic heterocycles. The number of hydrogen-bond donors (Lipinski definition) is 2. The summed E-state index contributed by atoms with van der Waals surface area (Å²) in [7, 11) is 0. The fraction of sp³-hybridized carbons (Fsp3) is 0.133. The Morgan fingerprint density at radius 3 is 2.82 bits per heavy atom. The molecule has 1 aromatic heterocycles. The first-order chi connectivity index (χ1) is 10.6. The van der Waals surface area contributed by atoms with Crippen molar-refractivity contribution < 1.29 is 24.2 Å². The van der Waals surface area contributed by atoms with Gasteiger partial charge in [0.15, 0.2) is 11.5 Å². The van der Waals surface area contributed by atoms with Gasteiger partial charge in [0, 0.05) is 18.3 Å². The van der Waals surface area contributed by atoms with Crippen LogP contribution in [-0.4, -0.2) is 28.8 Å². The van der Waals surface area contributed by atoms with Crippen LogP contribution in [0.3, 0.4) is 0 Å². The number of nitrogens with zero attached hydrogens (tertiary/aromatic N) is 1. The number of carboxylic acids is 1. The standard InChI is InChI=1S/C15H12N2O5/c18-14(10-4-5-11(15(19)20)16-7-10)17-6-9-2-1-3-12-13(9)22-8-21-12/h1-5,7H,6,8H2,(H,17,18)(H,19,20). The molecule has 7 heteroatoms. The Morgan fingerprint density at radius 1 is 1.23 bits per heavy atom. The van der Waals surface area contributed by atoms with Crippen LogP contribution in [0.2, 0.25) is 0 Å². The third kappa shape index (κ3) is 2.69. The highest BCUT2D eigenvalue weighted by Gasteiger charge is 2.17. The minimum absolute atomic E-state index is 0.108. The summed E-state index contributed by atoms with van der Waals surface area (Å²) >= 11 is 0. The van der Waals surface area contributed by atoms with Crippen molar-refractivity contribution in [3.05, 3.63) is 53.3 Å². The van der Waals surface area contributed by atoms with Crippen molar-refractivity contribution in [3.8, 4) is 11.5 Å². The van der Waals surface area contributed by atoms with E-state index in [1.54, 1.807) is 6.07 Å². The van der Waals surface area contributed by atoms with Crippen LogP contribution in [0.4, 0.5) is 0 Å². The summed E-state index contributed by atoms with van der Waals surface area (Å²) in [6, 6.07) is 8.15. The zero-order valence-electron chi connectivity index (χ0n) is 11.4. The van der Waals surface area contributed by atoms with Gasteiger partial charge in [-0.15, -0.1) is 0 Å². The summed E-state index contributed by atoms with van der Waals surface area (Å²) in [6.07, 6.45) is 1.23. The second-order valence-electron chi connectivity index (χ2n) is 4.57. The minimum atomic E-state index is -1.14. The Hall–Kier alpha value is -3.09. The number of nitrogens with one attached hydrogen (secondary N) is 1. The molecule has 0 atom stereocenters. The summed E-state index contributed by atoms with van der Waals surface area (Å²) in [5.74, 6) is -0.203. The third-order valence-corrected chi connectivity index (χ3v) is 3.16. The first-order valence-corrected chi connectivity index (χ1v) is 6.50. The van der Waals surface area contributed by atoms with Gasteiger partial charge < -0.3 is 19.9 Å². The number of amides is 1. The molecule has 0 saturated heterocycles. The van der Waals surface area contributed by atoms with Crippen LogP contribution in [-0.2, 0) is 6.54 Å². The lowest BCUT2D eigenvalue weighted by molar-refractivity contribution is 0.0689. The van der Waals surface area contributed by atoms with Crippen LogP contribution in [0.1, 0.15) is 26.4 Å². The first kappa shape index (κ1) is 13.9. The highest BCUT2D eigenvalue weighted by atomic mass is 16.7. The van der Waals surface area contributed by atoms with Crippen molar-refractivity contribution in [2.75, 3.05) is 6.79 Å². The van der Waals surface area contributed by atoms with E-state index in [2.05, 4.69) is 10.3 Å². The molecule has 2 aromatic rings. The van der Waals surface area contributed by atoms with Gasteiger partial charge in [-0.3, -0.25) is 4.79 Å². The van der Waals surface area contributed by atoms with E-state index in [1.807, 2.05) is 12.1 Å². The average Bonchev–Trinajstić information content (AvgIpc) is 3.01. The summed E-state index contributed by atoms with van der Waals surface area (Å²) in [4.78, 5) is 26.4. The van der Waals surface area contributed by atoms with Crippen molar-refractivity contribution in [1.82, 2.24) is 10.3 Å². The van der Waals surface area contributed by atoms with Crippen LogP contribution in [0.25, 0.3) is 0 Å². The van der Waals surface area contributed by atoms with E-state index >= 15 is 0 Å². The van der Waals surface area contributed by atoms with E-state index in [0.29, 0.717) is 11.5 Å². The molecule has 112 valence electrons. The van der Waals surface area contributed by atoms with Gasteiger partial charge in [-0.05, 0) is 18.2 Å². The molecule has 0 unspecified atom stereocenters. The zero-order chi connectivity index (χ0) is 15.5. The zero-order valence-corrected chi connectivity index (χ0v) is 11.4. The van der Waals surface area contributed by atoms with Gasteiger partial charge in [0.25, 0.3) is 5.91 Å². The molecule has 3 rings (SSSR count). The topological polar surface area (TPSA) is 97.8 Å². The molecule has 0 bridgehead atoms. The third-order valence-electron chi connectivity index (χ3n) is 3.16. The molecule has 0 aliphatic carbocycles. The second-order valence-corrected chi connectivity index (χ2v) is 4.57. The number of carboxylic acid groups (broad SMARTS) is 1. The predicted molar refractivity (Wildman–Crippen MR) is 74.9 cm³/mol. The average molecular weight is 300 g/mol. The Bertz CT molecular complexity index is 727. The van der Waals surface area contributed by atoms with Crippen molar-refractivity contribution >= 4 is 11.9 Å². The second kappa shape index (κ2) is 5.72. The largest absolute Gasteiger partial charge is 0.477 e. The van der Waals surface area contributed by atoms with Gasteiger partial charge in [0.05, 0.1) is 5.56 Å². The number of carbonyl (C=O) groups is 2. The number of aromatic nitrogens is 1. The summed E-state index contributed by atoms with van der Waals surface area (Å²) in [5, 5.41) is 11.5. The maximum atomic E-state index is 12.0. The number of hydrogen-bond acceptors (Lipinski definition) is 5. The Labute approximate surface area is 125 Å². The van der Waals surface area contributed by atoms with Crippen LogP contribution in [0.15, 0.2) is 36.5 Å². The minimum Gasteiger partial charge on any atom is -0.477 e. The van der Waals surface area contributed by atoms with Gasteiger partial charge in [0.1, 0.15) is 5.69 Å². The van der Waals surface area contributed by atoms with Crippen molar-refractivity contribution in [3.63, 3.8) is 0 Å². The Morgan fingerprint density at radius 2 is 2.09 bits per heavy atom. The molecule has 2 heterocycles. The molecule has 2 N–H and O–H groups in total. The lowest BCUT2D eigenvalue weighted by Crippen LogP contribution is -2.23. The van der Waals surface area contributed by atoms with Crippen LogP contribution in [0, 0.1) is 0 Å². The van der Waals surface area contributed by atoms with Crippen LogP contribution < -0.4 is 14.8 Å². The van der Waals surface area contributed by atoms with Gasteiger partial charge >= 0.3 is 5.97 Å². The number of pyridine rings is 1. The number of carbonyl (C=O) groups excluding carboxylic acids is 1. The number of fused-ring (bicyclic) bond motifs is 1. The van der Waals surface area contributed by atoms with E-state index in [-0.39, 0.29) is 30.5 Å². The van der Waals surface area contributed by atoms with Crippen molar-refractivity contribution in [2.24, 2.45) is 0 Å². The smallest absolute Gasteiger partial charge is 0.354 e. The SMILES string of the molecule is O=C(NCc1cccc2c1OCO2)c1ccc(C(=O)O)nc1. The van der Waals surface area contributed by atoms with Crippen molar-refractivity contribution in [1.29, 1.82) is 0 Å². The maximum absolute atomic E-state index is 12.0. The van der Waals surface area contributed by atoms with E-state index in [9.17, 15) is 9.59 Å². The number of benzene rings is 1. The van der Waals surface area contributed by atoms with Crippen LogP contribution >= 0.6 is 0 Å². The normalized spacial score (nSPS) is 12.0. The monoisotopic (exact) mass is 300 g/mol. The highest BCUT2D eigenvalue weighted by molar-refractivity contribution is 5.94. The van der Waals surface area contributed by atoms with Gasteiger partial charge in [-0.1, -0.05) is 12.1 Å². The van der Waals surface area contributed by atoms with E-state index in [1.165, 1.54) is 18.3 Å². The van der Waals surface area contributed by atoms with Gasteiger partial charge in [-0.2, -0.15) is 0 Å². The molecule has 7 nitrogen and oxygen atoms in total. The fourth-order valence-corrected chi connectivity index (χ4v) is 2.06. The van der Waals surface area contributed by atoms with E-state index < -0.39 is 5.97 Å². The molecule has 0 spiro atoms. The molecule has 0 saturated carbocycles. The molecule has 0 fully saturated rings. The molecular weight excluding hydrogens is 288 g/mol. The highest BCUT2D eigenvalue weighted by Crippen LogP contribution is 2.35. The van der Waals surface area contributed by atoms with Crippen LogP contribution in [0.5, 0.6) is 11.5 Å². The number of para-hydroxylation sites is 1. The summed E-state index contributed by atoms with van der Waals surface area (Å²) in [6.45, 7) is 0.437. The quantitative estimate of drug-likeness (QED) is 0.886. The maximum Gasteiger partial charge on any atom is 0.354 e. The molecule has 1 amide bonds. The number of rotatable bonds is 4.